The van der Waals surface area contributed by atoms with Crippen molar-refractivity contribution in [1.82, 2.24) is 0 Å². The van der Waals surface area contributed by atoms with Crippen LogP contribution in [0.25, 0.3) is 0 Å². The molecule has 3 saturated carbocycles. The highest BCUT2D eigenvalue weighted by Crippen LogP contribution is 2.63. The third-order valence-corrected chi connectivity index (χ3v) is 10.0. The molecular weight excluding hydrogens is 424 g/mol. The summed E-state index contributed by atoms with van der Waals surface area (Å²) in [6.07, 6.45) is 2.85. The Morgan fingerprint density at radius 3 is 2.52 bits per heavy atom. The summed E-state index contributed by atoms with van der Waals surface area (Å²) in [4.78, 5) is 12.5. The first kappa shape index (κ1) is 23.9. The number of ether oxygens (including phenoxy) is 2. The molecule has 0 aromatic carbocycles. The second-order valence-electron chi connectivity index (χ2n) is 12.2. The zero-order valence-electron chi connectivity index (χ0n) is 20.0. The average molecular weight is 465 g/mol. The maximum absolute atomic E-state index is 12.5. The van der Waals surface area contributed by atoms with E-state index >= 15 is 0 Å². The molecule has 0 bridgehead atoms. The molecule has 0 aromatic heterocycles. The molecule has 5 rings (SSSR count). The van der Waals surface area contributed by atoms with Crippen molar-refractivity contribution >= 4 is 5.78 Å². The molecule has 4 fully saturated rings. The minimum atomic E-state index is -1.41. The summed E-state index contributed by atoms with van der Waals surface area (Å²) in [5.41, 5.74) is 1.05. The van der Waals surface area contributed by atoms with Gasteiger partial charge in [-0.3, -0.25) is 4.79 Å². The highest BCUT2D eigenvalue weighted by atomic mass is 16.7. The Hall–Kier alpha value is -0.830. The van der Waals surface area contributed by atoms with Crippen molar-refractivity contribution in [2.75, 3.05) is 6.61 Å². The molecule has 33 heavy (non-hydrogen) atoms. The number of carbonyl (C=O) groups is 1. The molecule has 0 radical (unpaired) electrons. The molecule has 7 heteroatoms. The monoisotopic (exact) mass is 464 g/mol. The molecule has 0 unspecified atom stereocenters. The molecule has 0 amide bonds. The standard InChI is InChI=1S/C26H40O7/c1-25(2)11-16-13(10-19(25)28)4-5-15-14(16)8-9-26(3)17(15)6-7-20(26)33-24-23(31)22(30)21(29)18(12-27)32-24/h10,14-18,20-24,27,29-31H,4-9,11-12H2,1-3H3/t14-,15+,16-,17-,18+,20-,21+,22-,23+,24-,26-/m0/s1. The van der Waals surface area contributed by atoms with Crippen LogP contribution in [-0.2, 0) is 14.3 Å². The lowest BCUT2D eigenvalue weighted by Gasteiger charge is -2.55. The van der Waals surface area contributed by atoms with Gasteiger partial charge in [-0.05, 0) is 80.1 Å². The van der Waals surface area contributed by atoms with E-state index in [1.165, 1.54) is 5.57 Å². The Labute approximate surface area is 196 Å². The van der Waals surface area contributed by atoms with E-state index in [-0.39, 0.29) is 22.7 Å². The van der Waals surface area contributed by atoms with Gasteiger partial charge < -0.3 is 29.9 Å². The molecule has 1 aliphatic heterocycles. The van der Waals surface area contributed by atoms with Gasteiger partial charge in [0.15, 0.2) is 12.1 Å². The fourth-order valence-electron chi connectivity index (χ4n) is 8.02. The zero-order chi connectivity index (χ0) is 23.7. The van der Waals surface area contributed by atoms with Crippen LogP contribution in [0.5, 0.6) is 0 Å². The lowest BCUT2D eigenvalue weighted by Crippen LogP contribution is -2.60. The summed E-state index contributed by atoms with van der Waals surface area (Å²) >= 11 is 0. The van der Waals surface area contributed by atoms with Gasteiger partial charge in [-0.1, -0.05) is 26.3 Å². The Balaban J connectivity index is 1.32. The predicted octanol–water partition coefficient (Wildman–Crippen LogP) is 1.95. The summed E-state index contributed by atoms with van der Waals surface area (Å²) in [7, 11) is 0. The molecule has 4 N–H and O–H groups in total. The van der Waals surface area contributed by atoms with E-state index in [4.69, 9.17) is 9.47 Å². The average Bonchev–Trinajstić information content (AvgIpc) is 3.11. The Bertz CT molecular complexity index is 806. The first-order chi connectivity index (χ1) is 15.6. The fourth-order valence-corrected chi connectivity index (χ4v) is 8.02. The van der Waals surface area contributed by atoms with E-state index in [1.807, 2.05) is 6.08 Å². The van der Waals surface area contributed by atoms with Gasteiger partial charge in [0.1, 0.15) is 24.4 Å². The van der Waals surface area contributed by atoms with Gasteiger partial charge in [0, 0.05) is 5.41 Å². The van der Waals surface area contributed by atoms with Gasteiger partial charge in [-0.2, -0.15) is 0 Å². The van der Waals surface area contributed by atoms with Crippen LogP contribution in [0.1, 0.15) is 65.7 Å². The van der Waals surface area contributed by atoms with E-state index in [2.05, 4.69) is 20.8 Å². The second-order valence-corrected chi connectivity index (χ2v) is 12.2. The lowest BCUT2D eigenvalue weighted by molar-refractivity contribution is -0.319. The van der Waals surface area contributed by atoms with E-state index in [1.54, 1.807) is 0 Å². The highest BCUT2D eigenvalue weighted by Gasteiger charge is 2.58. The third kappa shape index (κ3) is 3.74. The topological polar surface area (TPSA) is 116 Å². The van der Waals surface area contributed by atoms with Crippen molar-refractivity contribution in [1.29, 1.82) is 0 Å². The van der Waals surface area contributed by atoms with Crippen LogP contribution in [0, 0.1) is 34.5 Å². The van der Waals surface area contributed by atoms with Crippen molar-refractivity contribution in [2.24, 2.45) is 34.5 Å². The fraction of sp³-hybridized carbons (Fsp3) is 0.885. The molecule has 0 spiro atoms. The van der Waals surface area contributed by atoms with Crippen LogP contribution in [0.2, 0.25) is 0 Å². The summed E-state index contributed by atoms with van der Waals surface area (Å²) in [5.74, 6) is 2.53. The number of allylic oxidation sites excluding steroid dienone is 1. The minimum Gasteiger partial charge on any atom is -0.394 e. The van der Waals surface area contributed by atoms with Crippen molar-refractivity contribution in [3.05, 3.63) is 11.6 Å². The molecule has 0 aromatic rings. The van der Waals surface area contributed by atoms with Gasteiger partial charge >= 0.3 is 0 Å². The van der Waals surface area contributed by atoms with Crippen LogP contribution < -0.4 is 0 Å². The Morgan fingerprint density at radius 1 is 1.03 bits per heavy atom. The van der Waals surface area contributed by atoms with Gasteiger partial charge in [0.2, 0.25) is 0 Å². The summed E-state index contributed by atoms with van der Waals surface area (Å²) < 4.78 is 12.0. The maximum atomic E-state index is 12.5. The van der Waals surface area contributed by atoms with Crippen molar-refractivity contribution in [3.63, 3.8) is 0 Å². The number of hydrogen-bond donors (Lipinski definition) is 4. The largest absolute Gasteiger partial charge is 0.394 e. The number of hydrogen-bond acceptors (Lipinski definition) is 7. The minimum absolute atomic E-state index is 0.0405. The number of aliphatic hydroxyl groups excluding tert-OH is 4. The third-order valence-electron chi connectivity index (χ3n) is 10.0. The Kier molecular flexibility index (Phi) is 6.07. The number of fused-ring (bicyclic) bond motifs is 5. The molecule has 1 heterocycles. The molecule has 186 valence electrons. The highest BCUT2D eigenvalue weighted by molar-refractivity contribution is 5.96. The van der Waals surface area contributed by atoms with Gasteiger partial charge in [0.05, 0.1) is 12.7 Å². The molecule has 11 atom stereocenters. The van der Waals surface area contributed by atoms with E-state index in [0.29, 0.717) is 23.7 Å². The SMILES string of the molecule is CC1(C)C[C@H]2C(=CC1=O)CC[C@@H]1[C@@H]2CC[C@]2(C)[C@@H](O[C@@H]3O[C@H](CO)[C@@H](O)[C@H](O)[C@H]3O)CC[C@@H]12. The van der Waals surface area contributed by atoms with E-state index in [0.717, 1.165) is 44.9 Å². The van der Waals surface area contributed by atoms with Crippen LogP contribution in [0.4, 0.5) is 0 Å². The molecule has 4 aliphatic carbocycles. The van der Waals surface area contributed by atoms with Gasteiger partial charge in [0.25, 0.3) is 0 Å². The predicted molar refractivity (Wildman–Crippen MR) is 120 cm³/mol. The van der Waals surface area contributed by atoms with E-state index < -0.39 is 37.3 Å². The van der Waals surface area contributed by atoms with Gasteiger partial charge in [-0.15, -0.1) is 0 Å². The van der Waals surface area contributed by atoms with Gasteiger partial charge in [-0.25, -0.2) is 0 Å². The van der Waals surface area contributed by atoms with Crippen LogP contribution in [0.3, 0.4) is 0 Å². The second kappa shape index (κ2) is 8.38. The zero-order valence-corrected chi connectivity index (χ0v) is 20.0. The lowest BCUT2D eigenvalue weighted by atomic mass is 9.50. The summed E-state index contributed by atoms with van der Waals surface area (Å²) in [6.45, 7) is 6.02. The molecule has 5 aliphatic rings. The molecular formula is C26H40O7. The van der Waals surface area contributed by atoms with Crippen molar-refractivity contribution in [2.45, 2.75) is 103 Å². The number of carbonyl (C=O) groups excluding carboxylic acids is 1. The van der Waals surface area contributed by atoms with Crippen LogP contribution in [-0.4, -0.2) is 69.6 Å². The smallest absolute Gasteiger partial charge is 0.186 e. The quantitative estimate of drug-likeness (QED) is 0.504. The first-order valence-electron chi connectivity index (χ1n) is 12.8. The van der Waals surface area contributed by atoms with Crippen molar-refractivity contribution < 1.29 is 34.7 Å². The number of rotatable bonds is 3. The molecule has 1 saturated heterocycles. The number of ketones is 1. The van der Waals surface area contributed by atoms with E-state index in [9.17, 15) is 25.2 Å². The first-order valence-corrected chi connectivity index (χ1v) is 12.8. The van der Waals surface area contributed by atoms with Crippen LogP contribution >= 0.6 is 0 Å². The summed E-state index contributed by atoms with van der Waals surface area (Å²) in [6, 6.07) is 0. The number of aliphatic hydroxyl groups is 4. The van der Waals surface area contributed by atoms with Crippen molar-refractivity contribution in [3.8, 4) is 0 Å². The van der Waals surface area contributed by atoms with Crippen LogP contribution in [0.15, 0.2) is 11.6 Å². The summed E-state index contributed by atoms with van der Waals surface area (Å²) in [5, 5.41) is 40.2. The molecule has 7 nitrogen and oxygen atoms in total. The normalized spacial score (nSPS) is 51.4. The Morgan fingerprint density at radius 2 is 1.79 bits per heavy atom. The maximum Gasteiger partial charge on any atom is 0.186 e.